The van der Waals surface area contributed by atoms with Gasteiger partial charge in [-0.3, -0.25) is 0 Å². The van der Waals surface area contributed by atoms with Crippen LogP contribution in [-0.2, 0) is 15.1 Å². The Morgan fingerprint density at radius 2 is 1.47 bits per heavy atom. The summed E-state index contributed by atoms with van der Waals surface area (Å²) in [4.78, 5) is 12.7. The van der Waals surface area contributed by atoms with Crippen molar-refractivity contribution in [1.29, 1.82) is 0 Å². The first-order chi connectivity index (χ1) is 14.5. The molecule has 0 saturated carbocycles. The van der Waals surface area contributed by atoms with Crippen LogP contribution < -0.4 is 4.74 Å². The van der Waals surface area contributed by atoms with E-state index in [4.69, 9.17) is 4.74 Å². The Bertz CT molecular complexity index is 970. The fourth-order valence-electron chi connectivity index (χ4n) is 3.31. The summed E-state index contributed by atoms with van der Waals surface area (Å²) in [7, 11) is 0. The SMILES string of the molecule is CCC(OC(=O)/C=C/c1ccccc1)(c1ccccc1)c1ccc(OC(F)F)cc1. The van der Waals surface area contributed by atoms with Crippen molar-refractivity contribution in [3.8, 4) is 5.75 Å². The number of alkyl halides is 2. The number of benzene rings is 3. The van der Waals surface area contributed by atoms with Gasteiger partial charge < -0.3 is 9.47 Å². The summed E-state index contributed by atoms with van der Waals surface area (Å²) < 4.78 is 35.4. The molecule has 0 saturated heterocycles. The number of halogens is 2. The minimum Gasteiger partial charge on any atom is -0.446 e. The first-order valence-corrected chi connectivity index (χ1v) is 9.60. The quantitative estimate of drug-likeness (QED) is 0.329. The number of ether oxygens (including phenoxy) is 2. The minimum atomic E-state index is -2.90. The lowest BCUT2D eigenvalue weighted by Crippen LogP contribution is -2.32. The van der Waals surface area contributed by atoms with Gasteiger partial charge in [0.05, 0.1) is 0 Å². The van der Waals surface area contributed by atoms with E-state index in [1.165, 1.54) is 18.2 Å². The first kappa shape index (κ1) is 21.2. The zero-order valence-electron chi connectivity index (χ0n) is 16.5. The Morgan fingerprint density at radius 3 is 2.03 bits per heavy atom. The van der Waals surface area contributed by atoms with E-state index < -0.39 is 18.2 Å². The van der Waals surface area contributed by atoms with Gasteiger partial charge in [-0.25, -0.2) is 4.79 Å². The molecule has 5 heteroatoms. The zero-order valence-corrected chi connectivity index (χ0v) is 16.5. The largest absolute Gasteiger partial charge is 0.446 e. The Balaban J connectivity index is 1.94. The van der Waals surface area contributed by atoms with Crippen LogP contribution in [0.4, 0.5) is 8.78 Å². The fraction of sp³-hybridized carbons (Fsp3) is 0.160. The number of hydrogen-bond donors (Lipinski definition) is 0. The molecule has 0 heterocycles. The maximum Gasteiger partial charge on any atom is 0.387 e. The van der Waals surface area contributed by atoms with E-state index in [0.29, 0.717) is 12.0 Å². The molecule has 1 unspecified atom stereocenters. The Morgan fingerprint density at radius 1 is 0.900 bits per heavy atom. The van der Waals surface area contributed by atoms with E-state index >= 15 is 0 Å². The number of carbonyl (C=O) groups is 1. The molecule has 3 aromatic carbocycles. The molecule has 0 aliphatic heterocycles. The predicted octanol–water partition coefficient (Wildman–Crippen LogP) is 6.20. The van der Waals surface area contributed by atoms with Crippen LogP contribution in [0.15, 0.2) is 91.0 Å². The van der Waals surface area contributed by atoms with Crippen molar-refractivity contribution < 1.29 is 23.0 Å². The van der Waals surface area contributed by atoms with Gasteiger partial charge in [-0.15, -0.1) is 0 Å². The van der Waals surface area contributed by atoms with Gasteiger partial charge in [0, 0.05) is 17.2 Å². The third-order valence-electron chi connectivity index (χ3n) is 4.77. The van der Waals surface area contributed by atoms with Crippen molar-refractivity contribution in [2.75, 3.05) is 0 Å². The summed E-state index contributed by atoms with van der Waals surface area (Å²) in [6, 6.07) is 25.0. The molecule has 0 aliphatic carbocycles. The second-order valence-electron chi connectivity index (χ2n) is 6.61. The van der Waals surface area contributed by atoms with Crippen molar-refractivity contribution >= 4 is 12.0 Å². The lowest BCUT2D eigenvalue weighted by Gasteiger charge is -2.33. The molecule has 3 aromatic rings. The van der Waals surface area contributed by atoms with E-state index in [-0.39, 0.29) is 5.75 Å². The van der Waals surface area contributed by atoms with Crippen molar-refractivity contribution in [2.24, 2.45) is 0 Å². The molecule has 30 heavy (non-hydrogen) atoms. The Labute approximate surface area is 174 Å². The predicted molar refractivity (Wildman–Crippen MR) is 112 cm³/mol. The van der Waals surface area contributed by atoms with Gasteiger partial charge >= 0.3 is 12.6 Å². The van der Waals surface area contributed by atoms with Gasteiger partial charge in [0.15, 0.2) is 5.60 Å². The average molecular weight is 408 g/mol. The second kappa shape index (κ2) is 9.83. The van der Waals surface area contributed by atoms with Crippen LogP contribution in [0.2, 0.25) is 0 Å². The van der Waals surface area contributed by atoms with E-state index in [0.717, 1.165) is 11.1 Å². The Hall–Kier alpha value is -3.47. The molecule has 3 nitrogen and oxygen atoms in total. The van der Waals surface area contributed by atoms with Gasteiger partial charge in [-0.1, -0.05) is 79.7 Å². The topological polar surface area (TPSA) is 35.5 Å². The summed E-state index contributed by atoms with van der Waals surface area (Å²) in [5.74, 6) is -0.459. The second-order valence-corrected chi connectivity index (χ2v) is 6.61. The summed E-state index contributed by atoms with van der Waals surface area (Å²) in [5.41, 5.74) is 1.27. The lowest BCUT2D eigenvalue weighted by molar-refractivity contribution is -0.150. The first-order valence-electron chi connectivity index (χ1n) is 9.60. The molecule has 0 N–H and O–H groups in total. The van der Waals surface area contributed by atoms with Crippen LogP contribution in [0.5, 0.6) is 5.75 Å². The van der Waals surface area contributed by atoms with Crippen molar-refractivity contribution in [1.82, 2.24) is 0 Å². The summed E-state index contributed by atoms with van der Waals surface area (Å²) in [5, 5.41) is 0. The molecular formula is C25H22F2O3. The molecule has 0 spiro atoms. The van der Waals surface area contributed by atoms with E-state index in [9.17, 15) is 13.6 Å². The van der Waals surface area contributed by atoms with Crippen LogP contribution in [0, 0.1) is 0 Å². The third kappa shape index (κ3) is 5.11. The van der Waals surface area contributed by atoms with Gasteiger partial charge in [0.25, 0.3) is 0 Å². The van der Waals surface area contributed by atoms with Gasteiger partial charge in [-0.2, -0.15) is 8.78 Å². The van der Waals surface area contributed by atoms with Crippen LogP contribution in [0.3, 0.4) is 0 Å². The highest BCUT2D eigenvalue weighted by Crippen LogP contribution is 2.38. The maximum absolute atomic E-state index is 12.7. The van der Waals surface area contributed by atoms with Gasteiger partial charge in [0.1, 0.15) is 5.75 Å². The molecule has 154 valence electrons. The number of carbonyl (C=O) groups excluding carboxylic acids is 1. The Kier molecular flexibility index (Phi) is 6.96. The molecule has 0 radical (unpaired) electrons. The highest BCUT2D eigenvalue weighted by molar-refractivity contribution is 5.87. The zero-order chi connectivity index (χ0) is 21.4. The van der Waals surface area contributed by atoms with E-state index in [2.05, 4.69) is 4.74 Å². The van der Waals surface area contributed by atoms with Crippen LogP contribution in [0.25, 0.3) is 6.08 Å². The number of rotatable bonds is 8. The van der Waals surface area contributed by atoms with Crippen LogP contribution in [-0.4, -0.2) is 12.6 Å². The van der Waals surface area contributed by atoms with Gasteiger partial charge in [0.2, 0.25) is 0 Å². The molecule has 3 rings (SSSR count). The van der Waals surface area contributed by atoms with Crippen LogP contribution >= 0.6 is 0 Å². The molecule has 0 bridgehead atoms. The van der Waals surface area contributed by atoms with Gasteiger partial charge in [-0.05, 0) is 30.2 Å². The highest BCUT2D eigenvalue weighted by atomic mass is 19.3. The van der Waals surface area contributed by atoms with Crippen LogP contribution in [0.1, 0.15) is 30.0 Å². The van der Waals surface area contributed by atoms with E-state index in [1.807, 2.05) is 67.6 Å². The molecule has 0 aromatic heterocycles. The lowest BCUT2D eigenvalue weighted by atomic mass is 9.83. The molecule has 0 amide bonds. The molecule has 1 atom stereocenters. The molecule has 0 aliphatic rings. The number of esters is 1. The normalized spacial score (nSPS) is 13.2. The van der Waals surface area contributed by atoms with Crippen molar-refractivity contribution in [2.45, 2.75) is 25.6 Å². The van der Waals surface area contributed by atoms with Crippen molar-refractivity contribution in [3.05, 3.63) is 108 Å². The smallest absolute Gasteiger partial charge is 0.387 e. The maximum atomic E-state index is 12.7. The minimum absolute atomic E-state index is 0.0436. The summed E-state index contributed by atoms with van der Waals surface area (Å²) in [6.45, 7) is -0.994. The summed E-state index contributed by atoms with van der Waals surface area (Å²) >= 11 is 0. The third-order valence-corrected chi connectivity index (χ3v) is 4.77. The van der Waals surface area contributed by atoms with Crippen molar-refractivity contribution in [3.63, 3.8) is 0 Å². The summed E-state index contributed by atoms with van der Waals surface area (Å²) in [6.07, 6.45) is 3.53. The highest BCUT2D eigenvalue weighted by Gasteiger charge is 2.36. The molecular weight excluding hydrogens is 386 g/mol. The fourth-order valence-corrected chi connectivity index (χ4v) is 3.31. The number of hydrogen-bond acceptors (Lipinski definition) is 3. The van der Waals surface area contributed by atoms with E-state index in [1.54, 1.807) is 18.2 Å². The monoisotopic (exact) mass is 408 g/mol. The average Bonchev–Trinajstić information content (AvgIpc) is 2.78. The molecule has 0 fully saturated rings. The standard InChI is InChI=1S/C25H22F2O3/c1-2-25(20-11-7-4-8-12-20,21-14-16-22(17-15-21)29-24(26)27)30-23(28)18-13-19-9-5-3-6-10-19/h3-18,24H,2H2,1H3/b18-13+.